The molecule has 0 aliphatic heterocycles. The molecule has 0 aliphatic rings. The molecule has 96 valence electrons. The molecule has 0 atom stereocenters. The number of oxime groups is 1. The van der Waals surface area contributed by atoms with Gasteiger partial charge in [-0.2, -0.15) is 4.98 Å². The first kappa shape index (κ1) is 12.4. The number of rotatable bonds is 6. The summed E-state index contributed by atoms with van der Waals surface area (Å²) in [4.78, 5) is 9.26. The van der Waals surface area contributed by atoms with Crippen LogP contribution in [0.3, 0.4) is 0 Å². The maximum absolute atomic E-state index is 5.48. The van der Waals surface area contributed by atoms with Gasteiger partial charge in [0.25, 0.3) is 6.01 Å². The molecule has 0 saturated heterocycles. The standard InChI is InChI=1S/C13H17N3O2/c1-2-3-4-7-15-17-9-10-5-6-12-11(8-10)16-13(14)18-12/h5-8H,2-4,9H2,1H3,(H2,14,16)/b15-7+. The molecule has 1 aromatic heterocycles. The number of hydrogen-bond acceptors (Lipinski definition) is 5. The molecule has 2 aromatic rings. The van der Waals surface area contributed by atoms with E-state index in [1.54, 1.807) is 6.21 Å². The average Bonchev–Trinajstić information content (AvgIpc) is 2.73. The number of unbranched alkanes of at least 4 members (excludes halogenated alkanes) is 2. The Hall–Kier alpha value is -2.04. The van der Waals surface area contributed by atoms with Crippen molar-refractivity contribution in [1.82, 2.24) is 4.98 Å². The van der Waals surface area contributed by atoms with Crippen molar-refractivity contribution >= 4 is 23.3 Å². The van der Waals surface area contributed by atoms with Gasteiger partial charge in [-0.1, -0.05) is 24.6 Å². The van der Waals surface area contributed by atoms with Gasteiger partial charge in [-0.15, -0.1) is 0 Å². The number of nitrogens with two attached hydrogens (primary N) is 1. The zero-order valence-electron chi connectivity index (χ0n) is 10.4. The first-order valence-electron chi connectivity index (χ1n) is 6.08. The second-order valence-corrected chi connectivity index (χ2v) is 4.06. The minimum atomic E-state index is 0.181. The molecule has 0 fully saturated rings. The number of nitrogens with zero attached hydrogens (tertiary/aromatic N) is 2. The monoisotopic (exact) mass is 247 g/mol. The third-order valence-electron chi connectivity index (χ3n) is 2.54. The molecule has 5 heteroatoms. The van der Waals surface area contributed by atoms with Crippen molar-refractivity contribution in [3.63, 3.8) is 0 Å². The molecule has 0 amide bonds. The van der Waals surface area contributed by atoms with Crippen LogP contribution >= 0.6 is 0 Å². The smallest absolute Gasteiger partial charge is 0.292 e. The highest BCUT2D eigenvalue weighted by atomic mass is 16.6. The Kier molecular flexibility index (Phi) is 4.17. The van der Waals surface area contributed by atoms with Crippen LogP contribution in [0.4, 0.5) is 6.01 Å². The Morgan fingerprint density at radius 1 is 1.50 bits per heavy atom. The molecule has 2 N–H and O–H groups in total. The van der Waals surface area contributed by atoms with Crippen LogP contribution in [0.1, 0.15) is 31.7 Å². The highest BCUT2D eigenvalue weighted by Gasteiger charge is 2.03. The van der Waals surface area contributed by atoms with Gasteiger partial charge >= 0.3 is 0 Å². The van der Waals surface area contributed by atoms with Crippen LogP contribution < -0.4 is 5.73 Å². The minimum absolute atomic E-state index is 0.181. The lowest BCUT2D eigenvalue weighted by molar-refractivity contribution is 0.131. The Morgan fingerprint density at radius 3 is 3.22 bits per heavy atom. The molecule has 2 rings (SSSR count). The second-order valence-electron chi connectivity index (χ2n) is 4.06. The Morgan fingerprint density at radius 2 is 2.39 bits per heavy atom. The lowest BCUT2D eigenvalue weighted by Crippen LogP contribution is -1.87. The maximum Gasteiger partial charge on any atom is 0.292 e. The van der Waals surface area contributed by atoms with Gasteiger partial charge in [-0.25, -0.2) is 0 Å². The fourth-order valence-corrected chi connectivity index (χ4v) is 1.59. The predicted molar refractivity (Wildman–Crippen MR) is 71.2 cm³/mol. The molecular weight excluding hydrogens is 230 g/mol. The molecule has 5 nitrogen and oxygen atoms in total. The van der Waals surface area contributed by atoms with Crippen LogP contribution in [0.5, 0.6) is 0 Å². The number of hydrogen-bond donors (Lipinski definition) is 1. The van der Waals surface area contributed by atoms with Crippen LogP contribution in [0, 0.1) is 0 Å². The van der Waals surface area contributed by atoms with E-state index in [2.05, 4.69) is 17.1 Å². The van der Waals surface area contributed by atoms with Crippen molar-refractivity contribution in [3.8, 4) is 0 Å². The van der Waals surface area contributed by atoms with E-state index in [1.165, 1.54) is 0 Å². The van der Waals surface area contributed by atoms with Crippen molar-refractivity contribution in [1.29, 1.82) is 0 Å². The van der Waals surface area contributed by atoms with Gasteiger partial charge in [0.05, 0.1) is 0 Å². The van der Waals surface area contributed by atoms with Gasteiger partial charge in [0, 0.05) is 6.21 Å². The summed E-state index contributed by atoms with van der Waals surface area (Å²) in [6.45, 7) is 2.57. The molecule has 1 heterocycles. The Balaban J connectivity index is 1.89. The van der Waals surface area contributed by atoms with E-state index in [1.807, 2.05) is 18.2 Å². The summed E-state index contributed by atoms with van der Waals surface area (Å²) >= 11 is 0. The topological polar surface area (TPSA) is 73.6 Å². The maximum atomic E-state index is 5.48. The van der Waals surface area contributed by atoms with Gasteiger partial charge in [-0.05, 0) is 30.5 Å². The van der Waals surface area contributed by atoms with E-state index in [9.17, 15) is 0 Å². The molecule has 0 spiro atoms. The quantitative estimate of drug-likeness (QED) is 0.483. The minimum Gasteiger partial charge on any atom is -0.424 e. The van der Waals surface area contributed by atoms with E-state index < -0.39 is 0 Å². The van der Waals surface area contributed by atoms with Gasteiger partial charge in [0.2, 0.25) is 0 Å². The third-order valence-corrected chi connectivity index (χ3v) is 2.54. The summed E-state index contributed by atoms with van der Waals surface area (Å²) in [5.41, 5.74) is 7.89. The predicted octanol–water partition coefficient (Wildman–Crippen LogP) is 3.10. The van der Waals surface area contributed by atoms with E-state index in [0.717, 1.165) is 30.3 Å². The number of aromatic nitrogens is 1. The number of anilines is 1. The first-order valence-corrected chi connectivity index (χ1v) is 6.08. The van der Waals surface area contributed by atoms with Crippen LogP contribution in [0.25, 0.3) is 11.1 Å². The van der Waals surface area contributed by atoms with E-state index in [-0.39, 0.29) is 6.01 Å². The summed E-state index contributed by atoms with van der Waals surface area (Å²) in [6, 6.07) is 5.81. The van der Waals surface area contributed by atoms with Crippen LogP contribution in [0.2, 0.25) is 0 Å². The van der Waals surface area contributed by atoms with Crippen molar-refractivity contribution in [2.75, 3.05) is 5.73 Å². The fourth-order valence-electron chi connectivity index (χ4n) is 1.59. The molecule has 0 radical (unpaired) electrons. The first-order chi connectivity index (χ1) is 8.79. The van der Waals surface area contributed by atoms with Gasteiger partial charge in [-0.3, -0.25) is 0 Å². The average molecular weight is 247 g/mol. The van der Waals surface area contributed by atoms with E-state index in [0.29, 0.717) is 12.2 Å². The van der Waals surface area contributed by atoms with Crippen molar-refractivity contribution in [2.24, 2.45) is 5.16 Å². The second kappa shape index (κ2) is 6.05. The lowest BCUT2D eigenvalue weighted by Gasteiger charge is -1.99. The van der Waals surface area contributed by atoms with Gasteiger partial charge in [0.1, 0.15) is 12.1 Å². The molecule has 0 bridgehead atoms. The van der Waals surface area contributed by atoms with Crippen molar-refractivity contribution in [3.05, 3.63) is 23.8 Å². The highest BCUT2D eigenvalue weighted by molar-refractivity contribution is 5.74. The van der Waals surface area contributed by atoms with E-state index >= 15 is 0 Å². The molecular formula is C13H17N3O2. The molecule has 0 saturated carbocycles. The number of nitrogen functional groups attached to an aromatic ring is 1. The molecule has 0 aliphatic carbocycles. The zero-order valence-corrected chi connectivity index (χ0v) is 10.4. The third kappa shape index (κ3) is 3.23. The zero-order chi connectivity index (χ0) is 12.8. The number of fused-ring (bicyclic) bond motifs is 1. The van der Waals surface area contributed by atoms with Crippen LogP contribution in [-0.4, -0.2) is 11.2 Å². The normalized spacial score (nSPS) is 11.4. The number of oxazole rings is 1. The summed E-state index contributed by atoms with van der Waals surface area (Å²) < 4.78 is 5.19. The summed E-state index contributed by atoms with van der Waals surface area (Å²) in [5, 5.41) is 3.90. The van der Waals surface area contributed by atoms with Gasteiger partial charge < -0.3 is 15.0 Å². The summed E-state index contributed by atoms with van der Waals surface area (Å²) in [6.07, 6.45) is 5.05. The molecule has 18 heavy (non-hydrogen) atoms. The largest absolute Gasteiger partial charge is 0.424 e. The van der Waals surface area contributed by atoms with Crippen molar-refractivity contribution in [2.45, 2.75) is 32.8 Å². The fraction of sp³-hybridized carbons (Fsp3) is 0.385. The van der Waals surface area contributed by atoms with Crippen LogP contribution in [-0.2, 0) is 11.4 Å². The van der Waals surface area contributed by atoms with Gasteiger partial charge in [0.15, 0.2) is 5.58 Å². The summed E-state index contributed by atoms with van der Waals surface area (Å²) in [5.74, 6) is 0. The Labute approximate surface area is 106 Å². The number of benzene rings is 1. The Bertz CT molecular complexity index is 534. The molecule has 0 unspecified atom stereocenters. The SMILES string of the molecule is CCCC/C=N/OCc1ccc2oc(N)nc2c1. The van der Waals surface area contributed by atoms with Crippen molar-refractivity contribution < 1.29 is 9.25 Å². The van der Waals surface area contributed by atoms with Crippen LogP contribution in [0.15, 0.2) is 27.8 Å². The highest BCUT2D eigenvalue weighted by Crippen LogP contribution is 2.18. The van der Waals surface area contributed by atoms with E-state index in [4.69, 9.17) is 15.0 Å². The lowest BCUT2D eigenvalue weighted by atomic mass is 10.2. The summed E-state index contributed by atoms with van der Waals surface area (Å²) in [7, 11) is 0. The molecule has 1 aromatic carbocycles.